The highest BCUT2D eigenvalue weighted by molar-refractivity contribution is 7.12. The molecule has 0 fully saturated rings. The number of rotatable bonds is 4. The molecule has 2 aromatic heterocycles. The largest absolute Gasteiger partial charge is 0.423 e. The molecule has 0 radical (unpaired) electrons. The summed E-state index contributed by atoms with van der Waals surface area (Å²) >= 11 is 1.84. The van der Waals surface area contributed by atoms with E-state index in [4.69, 9.17) is 4.42 Å². The lowest BCUT2D eigenvalue weighted by Crippen LogP contribution is -1.99. The molecule has 2 heterocycles. The zero-order valence-corrected chi connectivity index (χ0v) is 12.2. The van der Waals surface area contributed by atoms with E-state index in [1.165, 1.54) is 21.7 Å². The van der Waals surface area contributed by atoms with E-state index in [1.54, 1.807) is 0 Å². The van der Waals surface area contributed by atoms with Crippen LogP contribution < -0.4 is 5.32 Å². The molecule has 5 heteroatoms. The SMILES string of the molecule is Cc1cc(CNc2ccc(-c3nnco3)cc2)c(C)s1. The third-order valence-electron chi connectivity index (χ3n) is 3.12. The first-order valence-electron chi connectivity index (χ1n) is 6.39. The lowest BCUT2D eigenvalue weighted by Gasteiger charge is -2.06. The molecule has 3 rings (SSSR count). The maximum Gasteiger partial charge on any atom is 0.247 e. The van der Waals surface area contributed by atoms with Gasteiger partial charge in [0.05, 0.1) is 0 Å². The number of hydrogen-bond donors (Lipinski definition) is 1. The van der Waals surface area contributed by atoms with Crippen LogP contribution in [0.1, 0.15) is 15.3 Å². The van der Waals surface area contributed by atoms with Gasteiger partial charge in [-0.1, -0.05) is 0 Å². The first kappa shape index (κ1) is 12.9. The number of thiophene rings is 1. The van der Waals surface area contributed by atoms with E-state index in [9.17, 15) is 0 Å². The molecule has 1 aromatic carbocycles. The van der Waals surface area contributed by atoms with Crippen LogP contribution in [0, 0.1) is 13.8 Å². The molecule has 0 amide bonds. The van der Waals surface area contributed by atoms with Crippen LogP contribution in [0.25, 0.3) is 11.5 Å². The van der Waals surface area contributed by atoms with Gasteiger partial charge in [-0.15, -0.1) is 21.5 Å². The highest BCUT2D eigenvalue weighted by atomic mass is 32.1. The molecule has 0 saturated heterocycles. The summed E-state index contributed by atoms with van der Waals surface area (Å²) in [6, 6.07) is 10.2. The normalized spacial score (nSPS) is 10.7. The van der Waals surface area contributed by atoms with Crippen LogP contribution in [-0.2, 0) is 6.54 Å². The molecule has 0 spiro atoms. The van der Waals surface area contributed by atoms with Gasteiger partial charge < -0.3 is 9.73 Å². The summed E-state index contributed by atoms with van der Waals surface area (Å²) in [6.07, 6.45) is 1.34. The minimum atomic E-state index is 0.542. The molecule has 0 aliphatic rings. The zero-order valence-electron chi connectivity index (χ0n) is 11.4. The topological polar surface area (TPSA) is 51.0 Å². The second kappa shape index (κ2) is 5.46. The summed E-state index contributed by atoms with van der Waals surface area (Å²) in [7, 11) is 0. The van der Waals surface area contributed by atoms with Crippen LogP contribution in [-0.4, -0.2) is 10.2 Å². The summed E-state index contributed by atoms with van der Waals surface area (Å²) in [5.74, 6) is 0.542. The summed E-state index contributed by atoms with van der Waals surface area (Å²) in [5.41, 5.74) is 3.36. The van der Waals surface area contributed by atoms with E-state index >= 15 is 0 Å². The number of nitrogens with zero attached hydrogens (tertiary/aromatic N) is 2. The highest BCUT2D eigenvalue weighted by Gasteiger charge is 2.04. The second-order valence-corrected chi connectivity index (χ2v) is 6.07. The molecule has 3 aromatic rings. The monoisotopic (exact) mass is 285 g/mol. The number of benzene rings is 1. The Hall–Kier alpha value is -2.14. The number of anilines is 1. The molecular weight excluding hydrogens is 270 g/mol. The summed E-state index contributed by atoms with van der Waals surface area (Å²) < 4.78 is 5.17. The third-order valence-corrected chi connectivity index (χ3v) is 4.13. The number of aromatic nitrogens is 2. The molecule has 0 aliphatic heterocycles. The zero-order chi connectivity index (χ0) is 13.9. The molecule has 0 saturated carbocycles. The third kappa shape index (κ3) is 2.72. The molecule has 102 valence electrons. The number of aryl methyl sites for hydroxylation is 2. The van der Waals surface area contributed by atoms with E-state index in [1.807, 2.05) is 35.6 Å². The molecule has 0 aliphatic carbocycles. The Morgan fingerprint density at radius 3 is 2.60 bits per heavy atom. The Balaban J connectivity index is 1.68. The van der Waals surface area contributed by atoms with Gasteiger partial charge >= 0.3 is 0 Å². The molecule has 0 atom stereocenters. The van der Waals surface area contributed by atoms with Gasteiger partial charge in [0.2, 0.25) is 12.3 Å². The van der Waals surface area contributed by atoms with Gasteiger partial charge in [-0.2, -0.15) is 0 Å². The molecule has 1 N–H and O–H groups in total. The predicted molar refractivity (Wildman–Crippen MR) is 80.9 cm³/mol. The minimum Gasteiger partial charge on any atom is -0.423 e. The molecule has 0 bridgehead atoms. The van der Waals surface area contributed by atoms with Gasteiger partial charge in [-0.3, -0.25) is 0 Å². The summed E-state index contributed by atoms with van der Waals surface area (Å²) in [6.45, 7) is 5.14. The van der Waals surface area contributed by atoms with Gasteiger partial charge in [-0.05, 0) is 49.7 Å². The van der Waals surface area contributed by atoms with Crippen LogP contribution in [0.3, 0.4) is 0 Å². The lowest BCUT2D eigenvalue weighted by molar-refractivity contribution is 0.568. The first-order valence-corrected chi connectivity index (χ1v) is 7.20. The standard InChI is InChI=1S/C15H15N3OS/c1-10-7-13(11(2)20-10)8-16-14-5-3-12(4-6-14)15-18-17-9-19-15/h3-7,9,16H,8H2,1-2H3. The van der Waals surface area contributed by atoms with Gasteiger partial charge in [0.25, 0.3) is 0 Å². The van der Waals surface area contributed by atoms with E-state index in [0.29, 0.717) is 5.89 Å². The molecule has 20 heavy (non-hydrogen) atoms. The Morgan fingerprint density at radius 1 is 1.20 bits per heavy atom. The van der Waals surface area contributed by atoms with Crippen LogP contribution >= 0.6 is 11.3 Å². The average molecular weight is 285 g/mol. The van der Waals surface area contributed by atoms with Crippen molar-refractivity contribution in [3.63, 3.8) is 0 Å². The van der Waals surface area contributed by atoms with Crippen molar-refractivity contribution in [1.29, 1.82) is 0 Å². The van der Waals surface area contributed by atoms with Gasteiger partial charge in [0, 0.05) is 27.5 Å². The fourth-order valence-electron chi connectivity index (χ4n) is 2.09. The van der Waals surface area contributed by atoms with Crippen LogP contribution in [0.5, 0.6) is 0 Å². The Morgan fingerprint density at radius 2 is 2.00 bits per heavy atom. The Labute approximate surface area is 121 Å². The second-order valence-electron chi connectivity index (χ2n) is 4.61. The van der Waals surface area contributed by atoms with Crippen molar-refractivity contribution in [3.8, 4) is 11.5 Å². The predicted octanol–water partition coefficient (Wildman–Crippen LogP) is 4.03. The Kier molecular flexibility index (Phi) is 3.52. The molecule has 0 unspecified atom stereocenters. The van der Waals surface area contributed by atoms with Crippen molar-refractivity contribution in [1.82, 2.24) is 10.2 Å². The molecular formula is C15H15N3OS. The van der Waals surface area contributed by atoms with Crippen molar-refractivity contribution >= 4 is 17.0 Å². The first-order chi connectivity index (χ1) is 9.72. The fourth-order valence-corrected chi connectivity index (χ4v) is 3.03. The van der Waals surface area contributed by atoms with E-state index < -0.39 is 0 Å². The highest BCUT2D eigenvalue weighted by Crippen LogP contribution is 2.23. The smallest absolute Gasteiger partial charge is 0.247 e. The lowest BCUT2D eigenvalue weighted by atomic mass is 10.2. The molecule has 4 nitrogen and oxygen atoms in total. The maximum atomic E-state index is 5.17. The quantitative estimate of drug-likeness (QED) is 0.786. The summed E-state index contributed by atoms with van der Waals surface area (Å²) in [4.78, 5) is 2.73. The number of hydrogen-bond acceptors (Lipinski definition) is 5. The van der Waals surface area contributed by atoms with E-state index in [0.717, 1.165) is 17.8 Å². The van der Waals surface area contributed by atoms with Gasteiger partial charge in [0.15, 0.2) is 0 Å². The maximum absolute atomic E-state index is 5.17. The van der Waals surface area contributed by atoms with Gasteiger partial charge in [0.1, 0.15) is 0 Å². The van der Waals surface area contributed by atoms with Gasteiger partial charge in [-0.25, -0.2) is 0 Å². The van der Waals surface area contributed by atoms with E-state index in [-0.39, 0.29) is 0 Å². The van der Waals surface area contributed by atoms with Crippen LogP contribution in [0.4, 0.5) is 5.69 Å². The van der Waals surface area contributed by atoms with Crippen molar-refractivity contribution < 1.29 is 4.42 Å². The van der Waals surface area contributed by atoms with Crippen molar-refractivity contribution in [2.45, 2.75) is 20.4 Å². The van der Waals surface area contributed by atoms with Crippen molar-refractivity contribution in [2.24, 2.45) is 0 Å². The minimum absolute atomic E-state index is 0.542. The van der Waals surface area contributed by atoms with E-state index in [2.05, 4.69) is 35.4 Å². The summed E-state index contributed by atoms with van der Waals surface area (Å²) in [5, 5.41) is 11.0. The Bertz CT molecular complexity index is 686. The van der Waals surface area contributed by atoms with Crippen LogP contribution in [0.15, 0.2) is 41.1 Å². The van der Waals surface area contributed by atoms with Crippen LogP contribution in [0.2, 0.25) is 0 Å². The van der Waals surface area contributed by atoms with Crippen molar-refractivity contribution in [2.75, 3.05) is 5.32 Å². The van der Waals surface area contributed by atoms with Crippen molar-refractivity contribution in [3.05, 3.63) is 52.0 Å². The number of nitrogens with one attached hydrogen (secondary N) is 1. The fraction of sp³-hybridized carbons (Fsp3) is 0.200. The average Bonchev–Trinajstić information content (AvgIpc) is 3.07.